The highest BCUT2D eigenvalue weighted by Gasteiger charge is 2.32. The smallest absolute Gasteiger partial charge is 0.407 e. The molecule has 3 rings (SSSR count). The SMILES string of the molecule is CC(C)(C)OC(=O)NCCC(c1ccccc1)N1OCc2ccccc2C1=O. The molecule has 0 aromatic heterocycles. The molecule has 1 aliphatic heterocycles. The zero-order chi connectivity index (χ0) is 20.1. The number of hydroxylamine groups is 2. The lowest BCUT2D eigenvalue weighted by Gasteiger charge is -2.34. The first kappa shape index (κ1) is 19.9. The van der Waals surface area contributed by atoms with Gasteiger partial charge in [-0.1, -0.05) is 48.5 Å². The van der Waals surface area contributed by atoms with E-state index in [0.717, 1.165) is 11.1 Å². The fraction of sp³-hybridized carbons (Fsp3) is 0.364. The Morgan fingerprint density at radius 1 is 1.14 bits per heavy atom. The summed E-state index contributed by atoms with van der Waals surface area (Å²) in [6, 6.07) is 16.8. The van der Waals surface area contributed by atoms with Gasteiger partial charge in [0.2, 0.25) is 0 Å². The molecule has 0 spiro atoms. The molecule has 1 atom stereocenters. The summed E-state index contributed by atoms with van der Waals surface area (Å²) in [6.45, 7) is 6.14. The molecule has 1 aliphatic rings. The number of amides is 2. The van der Waals surface area contributed by atoms with Gasteiger partial charge in [0.1, 0.15) is 12.2 Å². The summed E-state index contributed by atoms with van der Waals surface area (Å²) in [5.41, 5.74) is 1.91. The van der Waals surface area contributed by atoms with Crippen LogP contribution in [0.25, 0.3) is 0 Å². The van der Waals surface area contributed by atoms with Gasteiger partial charge < -0.3 is 10.1 Å². The summed E-state index contributed by atoms with van der Waals surface area (Å²) in [4.78, 5) is 30.8. The number of hydrogen-bond donors (Lipinski definition) is 1. The van der Waals surface area contributed by atoms with Crippen LogP contribution in [0.3, 0.4) is 0 Å². The lowest BCUT2D eigenvalue weighted by molar-refractivity contribution is -0.167. The van der Waals surface area contributed by atoms with Crippen LogP contribution in [0.15, 0.2) is 54.6 Å². The molecule has 0 aliphatic carbocycles. The van der Waals surface area contributed by atoms with Gasteiger partial charge >= 0.3 is 6.09 Å². The Balaban J connectivity index is 1.74. The third-order valence-corrected chi connectivity index (χ3v) is 4.36. The van der Waals surface area contributed by atoms with Crippen molar-refractivity contribution in [2.45, 2.75) is 45.4 Å². The summed E-state index contributed by atoms with van der Waals surface area (Å²) < 4.78 is 5.28. The molecule has 2 amide bonds. The number of ether oxygens (including phenoxy) is 1. The number of carbonyl (C=O) groups excluding carboxylic acids is 2. The van der Waals surface area contributed by atoms with Gasteiger partial charge in [-0.15, -0.1) is 0 Å². The Kier molecular flexibility index (Phi) is 5.99. The van der Waals surface area contributed by atoms with Crippen molar-refractivity contribution in [3.8, 4) is 0 Å². The second-order valence-electron chi connectivity index (χ2n) is 7.71. The van der Waals surface area contributed by atoms with Crippen molar-refractivity contribution in [1.82, 2.24) is 10.4 Å². The minimum Gasteiger partial charge on any atom is -0.444 e. The third-order valence-electron chi connectivity index (χ3n) is 4.36. The Morgan fingerprint density at radius 3 is 2.54 bits per heavy atom. The largest absolute Gasteiger partial charge is 0.444 e. The molecule has 0 bridgehead atoms. The Bertz CT molecular complexity index is 830. The molecule has 6 nitrogen and oxygen atoms in total. The van der Waals surface area contributed by atoms with E-state index in [2.05, 4.69) is 5.32 Å². The van der Waals surface area contributed by atoms with Gasteiger partial charge in [-0.25, -0.2) is 9.86 Å². The van der Waals surface area contributed by atoms with E-state index in [1.165, 1.54) is 5.06 Å². The van der Waals surface area contributed by atoms with Crippen molar-refractivity contribution in [2.75, 3.05) is 6.54 Å². The Labute approximate surface area is 165 Å². The highest BCUT2D eigenvalue weighted by Crippen LogP contribution is 2.30. The number of rotatable bonds is 5. The predicted octanol–water partition coefficient (Wildman–Crippen LogP) is 4.23. The fourth-order valence-corrected chi connectivity index (χ4v) is 3.12. The van der Waals surface area contributed by atoms with Crippen molar-refractivity contribution in [2.24, 2.45) is 0 Å². The van der Waals surface area contributed by atoms with Gasteiger partial charge in [-0.2, -0.15) is 0 Å². The van der Waals surface area contributed by atoms with E-state index in [0.29, 0.717) is 25.1 Å². The number of hydrogen-bond acceptors (Lipinski definition) is 4. The van der Waals surface area contributed by atoms with Crippen LogP contribution in [0.1, 0.15) is 54.7 Å². The second kappa shape index (κ2) is 8.44. The van der Waals surface area contributed by atoms with E-state index < -0.39 is 11.7 Å². The molecule has 2 aromatic rings. The minimum absolute atomic E-state index is 0.173. The molecule has 6 heteroatoms. The monoisotopic (exact) mass is 382 g/mol. The lowest BCUT2D eigenvalue weighted by Crippen LogP contribution is -2.40. The average molecular weight is 382 g/mol. The molecule has 0 saturated heterocycles. The van der Waals surface area contributed by atoms with Crippen molar-refractivity contribution in [3.63, 3.8) is 0 Å². The molecular formula is C22H26N2O4. The Morgan fingerprint density at radius 2 is 1.82 bits per heavy atom. The topological polar surface area (TPSA) is 67.9 Å². The molecule has 148 valence electrons. The van der Waals surface area contributed by atoms with Gasteiger partial charge in [-0.3, -0.25) is 9.63 Å². The van der Waals surface area contributed by atoms with Gasteiger partial charge in [0.25, 0.3) is 5.91 Å². The van der Waals surface area contributed by atoms with Crippen LogP contribution in [-0.4, -0.2) is 29.2 Å². The number of alkyl carbamates (subject to hydrolysis) is 1. The number of carbonyl (C=O) groups is 2. The van der Waals surface area contributed by atoms with Crippen molar-refractivity contribution >= 4 is 12.0 Å². The van der Waals surface area contributed by atoms with E-state index in [4.69, 9.17) is 9.57 Å². The first-order chi connectivity index (χ1) is 13.3. The highest BCUT2D eigenvalue weighted by molar-refractivity contribution is 5.95. The normalized spacial score (nSPS) is 15.0. The zero-order valence-corrected chi connectivity index (χ0v) is 16.5. The van der Waals surface area contributed by atoms with Crippen molar-refractivity contribution in [1.29, 1.82) is 0 Å². The van der Waals surface area contributed by atoms with E-state index in [9.17, 15) is 9.59 Å². The maximum absolute atomic E-state index is 13.0. The van der Waals surface area contributed by atoms with E-state index >= 15 is 0 Å². The van der Waals surface area contributed by atoms with Crippen LogP contribution in [0.2, 0.25) is 0 Å². The fourth-order valence-electron chi connectivity index (χ4n) is 3.12. The van der Waals surface area contributed by atoms with Crippen LogP contribution in [-0.2, 0) is 16.2 Å². The summed E-state index contributed by atoms with van der Waals surface area (Å²) >= 11 is 0. The first-order valence-corrected chi connectivity index (χ1v) is 9.41. The van der Waals surface area contributed by atoms with Crippen molar-refractivity contribution < 1.29 is 19.2 Å². The average Bonchev–Trinajstić information content (AvgIpc) is 2.66. The quantitative estimate of drug-likeness (QED) is 0.840. The second-order valence-corrected chi connectivity index (χ2v) is 7.71. The maximum atomic E-state index is 13.0. The summed E-state index contributed by atoms with van der Waals surface area (Å²) in [6.07, 6.45) is 0.0208. The minimum atomic E-state index is -0.557. The van der Waals surface area contributed by atoms with Crippen LogP contribution in [0.4, 0.5) is 4.79 Å². The van der Waals surface area contributed by atoms with E-state index in [1.807, 2.05) is 75.4 Å². The first-order valence-electron chi connectivity index (χ1n) is 9.41. The van der Waals surface area contributed by atoms with Crippen LogP contribution < -0.4 is 5.32 Å². The van der Waals surface area contributed by atoms with Crippen molar-refractivity contribution in [3.05, 3.63) is 71.3 Å². The van der Waals surface area contributed by atoms with Gasteiger partial charge in [0, 0.05) is 12.1 Å². The highest BCUT2D eigenvalue weighted by atomic mass is 16.7. The predicted molar refractivity (Wildman–Crippen MR) is 105 cm³/mol. The molecule has 0 radical (unpaired) electrons. The molecule has 1 N–H and O–H groups in total. The molecule has 1 unspecified atom stereocenters. The molecule has 2 aromatic carbocycles. The molecule has 0 saturated carbocycles. The Hall–Kier alpha value is -2.86. The molecule has 28 heavy (non-hydrogen) atoms. The van der Waals surface area contributed by atoms with Crippen LogP contribution in [0, 0.1) is 0 Å². The van der Waals surface area contributed by atoms with Gasteiger partial charge in [0.15, 0.2) is 0 Å². The lowest BCUT2D eigenvalue weighted by atomic mass is 10.0. The standard InChI is InChI=1S/C22H26N2O4/c1-22(2,3)28-21(26)23-14-13-19(16-9-5-4-6-10-16)24-20(25)18-12-8-7-11-17(18)15-27-24/h4-12,19H,13-15H2,1-3H3,(H,23,26). The molecular weight excluding hydrogens is 356 g/mol. The number of fused-ring (bicyclic) bond motifs is 1. The summed E-state index contributed by atoms with van der Waals surface area (Å²) in [5, 5.41) is 4.18. The number of nitrogens with zero attached hydrogens (tertiary/aromatic N) is 1. The van der Waals surface area contributed by atoms with Gasteiger partial charge in [0.05, 0.1) is 6.04 Å². The van der Waals surface area contributed by atoms with Crippen LogP contribution in [0.5, 0.6) is 0 Å². The number of benzene rings is 2. The third kappa shape index (κ3) is 4.89. The maximum Gasteiger partial charge on any atom is 0.407 e. The summed E-state index contributed by atoms with van der Waals surface area (Å²) in [5.74, 6) is -0.173. The van der Waals surface area contributed by atoms with Crippen LogP contribution >= 0.6 is 0 Å². The molecule has 1 heterocycles. The van der Waals surface area contributed by atoms with E-state index in [-0.39, 0.29) is 11.9 Å². The summed E-state index contributed by atoms with van der Waals surface area (Å²) in [7, 11) is 0. The molecule has 0 fully saturated rings. The van der Waals surface area contributed by atoms with Gasteiger partial charge in [-0.05, 0) is 44.4 Å². The number of nitrogens with one attached hydrogen (secondary N) is 1. The zero-order valence-electron chi connectivity index (χ0n) is 16.5. The van der Waals surface area contributed by atoms with E-state index in [1.54, 1.807) is 0 Å².